The maximum atomic E-state index is 6.30. The van der Waals surface area contributed by atoms with Crippen LogP contribution in [0.25, 0.3) is 16.1 Å². The van der Waals surface area contributed by atoms with Crippen molar-refractivity contribution < 1.29 is 9.47 Å². The Hall–Kier alpha value is -1.64. The van der Waals surface area contributed by atoms with E-state index in [2.05, 4.69) is 69.4 Å². The molecule has 0 saturated carbocycles. The maximum Gasteiger partial charge on any atom is 0.166 e. The minimum absolute atomic E-state index is 0.371. The van der Waals surface area contributed by atoms with Gasteiger partial charge in [-0.15, -0.1) is 11.3 Å². The number of anilines is 1. The van der Waals surface area contributed by atoms with E-state index in [9.17, 15) is 0 Å². The summed E-state index contributed by atoms with van der Waals surface area (Å²) in [6, 6.07) is 4.50. The van der Waals surface area contributed by atoms with Gasteiger partial charge in [0.2, 0.25) is 0 Å². The Kier molecular flexibility index (Phi) is 11.2. The summed E-state index contributed by atoms with van der Waals surface area (Å²) in [5.74, 6) is 1.92. The monoisotopic (exact) mass is 616 g/mol. The summed E-state index contributed by atoms with van der Waals surface area (Å²) in [5.41, 5.74) is 3.04. The SMILES string of the molecule is CC(C)Cc1ncc(-c2cnn3c(N(COCC[Si](C)(C)C)COCC[Si](C)(C)C)cc(C4CCCNC4)nc23)s1. The van der Waals surface area contributed by atoms with Gasteiger partial charge in [0.1, 0.15) is 19.3 Å². The molecule has 0 aromatic carbocycles. The van der Waals surface area contributed by atoms with Gasteiger partial charge in [-0.1, -0.05) is 53.1 Å². The van der Waals surface area contributed by atoms with Crippen LogP contribution in [0.2, 0.25) is 51.4 Å². The van der Waals surface area contributed by atoms with E-state index in [1.165, 1.54) is 0 Å². The largest absolute Gasteiger partial charge is 0.361 e. The Bertz CT molecular complexity index is 1220. The van der Waals surface area contributed by atoms with Crippen LogP contribution in [-0.2, 0) is 15.9 Å². The van der Waals surface area contributed by atoms with Gasteiger partial charge in [-0.2, -0.15) is 9.61 Å². The Morgan fingerprint density at radius 1 is 1.05 bits per heavy atom. The van der Waals surface area contributed by atoms with E-state index in [4.69, 9.17) is 24.5 Å². The zero-order valence-electron chi connectivity index (χ0n) is 26.6. The van der Waals surface area contributed by atoms with E-state index in [1.807, 2.05) is 16.9 Å². The average molecular weight is 617 g/mol. The molecule has 1 aliphatic rings. The first-order chi connectivity index (χ1) is 19.4. The zero-order chi connectivity index (χ0) is 29.6. The zero-order valence-corrected chi connectivity index (χ0v) is 29.4. The minimum atomic E-state index is -1.19. The molecule has 1 fully saturated rings. The van der Waals surface area contributed by atoms with Crippen molar-refractivity contribution in [3.63, 3.8) is 0 Å². The molecule has 3 aromatic heterocycles. The third kappa shape index (κ3) is 9.69. The second-order valence-electron chi connectivity index (χ2n) is 14.3. The van der Waals surface area contributed by atoms with Gasteiger partial charge in [0.15, 0.2) is 5.65 Å². The van der Waals surface area contributed by atoms with Crippen molar-refractivity contribution in [2.45, 2.75) is 90.4 Å². The lowest BCUT2D eigenvalue weighted by Crippen LogP contribution is -2.34. The molecule has 1 aliphatic heterocycles. The van der Waals surface area contributed by atoms with Gasteiger partial charge in [-0.25, -0.2) is 9.97 Å². The molecule has 1 atom stereocenters. The highest BCUT2D eigenvalue weighted by atomic mass is 32.1. The lowest BCUT2D eigenvalue weighted by molar-refractivity contribution is 0.0942. The number of hydrogen-bond donors (Lipinski definition) is 1. The number of ether oxygens (including phenoxy) is 2. The lowest BCUT2D eigenvalue weighted by atomic mass is 9.96. The van der Waals surface area contributed by atoms with Crippen LogP contribution in [-0.4, -0.2) is 75.5 Å². The highest BCUT2D eigenvalue weighted by Crippen LogP contribution is 2.34. The molecule has 4 heterocycles. The number of nitrogens with zero attached hydrogens (tertiary/aromatic N) is 5. The van der Waals surface area contributed by atoms with E-state index in [0.717, 1.165) is 90.3 Å². The van der Waals surface area contributed by atoms with E-state index in [0.29, 0.717) is 25.3 Å². The van der Waals surface area contributed by atoms with Crippen molar-refractivity contribution in [3.05, 3.63) is 29.2 Å². The summed E-state index contributed by atoms with van der Waals surface area (Å²) in [4.78, 5) is 13.3. The van der Waals surface area contributed by atoms with Crippen molar-refractivity contribution in [2.75, 3.05) is 44.7 Å². The van der Waals surface area contributed by atoms with Crippen LogP contribution in [0.3, 0.4) is 0 Å². The Morgan fingerprint density at radius 3 is 2.32 bits per heavy atom. The smallest absolute Gasteiger partial charge is 0.166 e. The van der Waals surface area contributed by atoms with Crippen LogP contribution in [0.15, 0.2) is 18.5 Å². The first kappa shape index (κ1) is 32.3. The van der Waals surface area contributed by atoms with Gasteiger partial charge >= 0.3 is 0 Å². The molecule has 8 nitrogen and oxygen atoms in total. The van der Waals surface area contributed by atoms with Crippen LogP contribution in [0.4, 0.5) is 5.82 Å². The molecular weight excluding hydrogens is 565 g/mol. The molecule has 0 spiro atoms. The summed E-state index contributed by atoms with van der Waals surface area (Å²) in [7, 11) is -2.38. The number of thiazole rings is 1. The number of piperidine rings is 1. The van der Waals surface area contributed by atoms with Gasteiger partial charge < -0.3 is 19.7 Å². The highest BCUT2D eigenvalue weighted by molar-refractivity contribution is 7.15. The van der Waals surface area contributed by atoms with E-state index < -0.39 is 16.1 Å². The third-order valence-corrected chi connectivity index (χ3v) is 11.9. The second kappa shape index (κ2) is 14.2. The normalized spacial score (nSPS) is 16.7. The fourth-order valence-electron chi connectivity index (χ4n) is 4.83. The van der Waals surface area contributed by atoms with Gasteiger partial charge in [-0.3, -0.25) is 0 Å². The number of aromatic nitrogens is 4. The lowest BCUT2D eigenvalue weighted by Gasteiger charge is -2.28. The number of fused-ring (bicyclic) bond motifs is 1. The van der Waals surface area contributed by atoms with Crippen molar-refractivity contribution in [2.24, 2.45) is 5.92 Å². The fourth-order valence-corrected chi connectivity index (χ4v) is 7.48. The second-order valence-corrected chi connectivity index (χ2v) is 26.7. The fraction of sp³-hybridized carbons (Fsp3) is 0.700. The van der Waals surface area contributed by atoms with Crippen molar-refractivity contribution in [1.29, 1.82) is 0 Å². The van der Waals surface area contributed by atoms with Crippen molar-refractivity contribution >= 4 is 38.9 Å². The topological polar surface area (TPSA) is 76.8 Å². The number of hydrogen-bond acceptors (Lipinski definition) is 8. The molecule has 0 amide bonds. The van der Waals surface area contributed by atoms with Gasteiger partial charge in [0.05, 0.1) is 27.3 Å². The van der Waals surface area contributed by atoms with E-state index >= 15 is 0 Å². The Balaban J connectivity index is 1.69. The maximum absolute atomic E-state index is 6.30. The van der Waals surface area contributed by atoms with Gasteiger partial charge in [0, 0.05) is 60.5 Å². The molecule has 228 valence electrons. The predicted octanol–water partition coefficient (Wildman–Crippen LogP) is 6.95. The van der Waals surface area contributed by atoms with Crippen LogP contribution < -0.4 is 10.2 Å². The summed E-state index contributed by atoms with van der Waals surface area (Å²) in [6.07, 6.45) is 7.23. The first-order valence-electron chi connectivity index (χ1n) is 15.3. The van der Waals surface area contributed by atoms with Gasteiger partial charge in [0.25, 0.3) is 0 Å². The van der Waals surface area contributed by atoms with Crippen molar-refractivity contribution in [3.8, 4) is 10.4 Å². The third-order valence-electron chi connectivity index (χ3n) is 7.40. The molecule has 1 unspecified atom stereocenters. The van der Waals surface area contributed by atoms with Crippen LogP contribution in [0.1, 0.15) is 43.3 Å². The molecule has 0 radical (unpaired) electrons. The number of nitrogens with one attached hydrogen (secondary N) is 1. The molecule has 1 saturated heterocycles. The molecule has 4 rings (SSSR count). The van der Waals surface area contributed by atoms with Gasteiger partial charge in [-0.05, 0) is 37.4 Å². The molecule has 0 bridgehead atoms. The molecule has 3 aromatic rings. The summed E-state index contributed by atoms with van der Waals surface area (Å²) in [6.45, 7) is 23.3. The van der Waals surface area contributed by atoms with E-state index in [-0.39, 0.29) is 0 Å². The summed E-state index contributed by atoms with van der Waals surface area (Å²) < 4.78 is 14.6. The quantitative estimate of drug-likeness (QED) is 0.112. The Morgan fingerprint density at radius 2 is 1.73 bits per heavy atom. The molecular formula is C30H52N6O2SSi2. The molecule has 41 heavy (non-hydrogen) atoms. The number of rotatable bonds is 15. The van der Waals surface area contributed by atoms with Crippen LogP contribution in [0.5, 0.6) is 0 Å². The highest BCUT2D eigenvalue weighted by Gasteiger charge is 2.24. The summed E-state index contributed by atoms with van der Waals surface area (Å²) in [5, 5.41) is 9.63. The van der Waals surface area contributed by atoms with Crippen molar-refractivity contribution in [1.82, 2.24) is 24.9 Å². The summed E-state index contributed by atoms with van der Waals surface area (Å²) >= 11 is 1.76. The standard InChI is InChI=1S/C30H52N6O2SSi2/c1-23(2)16-28-32-20-27(39-28)25-19-33-36-29(17-26(34-30(25)36)24-10-9-11-31-18-24)35(21-37-12-14-40(3,4)5)22-38-13-15-41(6,7)8/h17,19-20,23-24,31H,9-16,18,21-22H2,1-8H3. The average Bonchev–Trinajstić information content (AvgIpc) is 3.53. The minimum Gasteiger partial charge on any atom is -0.361 e. The molecule has 1 N–H and O–H groups in total. The van der Waals surface area contributed by atoms with Crippen LogP contribution >= 0.6 is 11.3 Å². The molecule has 11 heteroatoms. The first-order valence-corrected chi connectivity index (χ1v) is 23.6. The molecule has 0 aliphatic carbocycles. The van der Waals surface area contributed by atoms with Crippen LogP contribution in [0, 0.1) is 5.92 Å². The van der Waals surface area contributed by atoms with E-state index in [1.54, 1.807) is 11.3 Å². The Labute approximate surface area is 253 Å². The predicted molar refractivity (Wildman–Crippen MR) is 178 cm³/mol.